The van der Waals surface area contributed by atoms with Gasteiger partial charge in [-0.25, -0.2) is 0 Å². The summed E-state index contributed by atoms with van der Waals surface area (Å²) in [6, 6.07) is 8.15. The monoisotopic (exact) mass is 249 g/mol. The van der Waals surface area contributed by atoms with Gasteiger partial charge in [-0.3, -0.25) is 4.79 Å². The average Bonchev–Trinajstić information content (AvgIpc) is 2.34. The number of morpholine rings is 1. The van der Waals surface area contributed by atoms with Crippen molar-refractivity contribution in [2.75, 3.05) is 19.8 Å². The average molecular weight is 249 g/mol. The summed E-state index contributed by atoms with van der Waals surface area (Å²) < 4.78 is 5.37. The highest BCUT2D eigenvalue weighted by Gasteiger charge is 2.25. The maximum absolute atomic E-state index is 11.8. The molecule has 4 nitrogen and oxygen atoms in total. The van der Waals surface area contributed by atoms with E-state index in [1.54, 1.807) is 4.90 Å². The highest BCUT2D eigenvalue weighted by atomic mass is 16.5. The lowest BCUT2D eigenvalue weighted by atomic mass is 10.1. The molecule has 1 heterocycles. The molecule has 1 fully saturated rings. The number of aryl methyl sites for hydroxylation is 1. The minimum Gasteiger partial charge on any atom is -0.396 e. The number of hydrogen-bond acceptors (Lipinski definition) is 3. The first-order chi connectivity index (χ1) is 8.69. The normalized spacial score (nSPS) is 20.2. The molecule has 0 aliphatic carbocycles. The second-order valence-electron chi connectivity index (χ2n) is 4.71. The maximum Gasteiger partial charge on any atom is 0.248 e. The zero-order valence-electron chi connectivity index (χ0n) is 10.6. The quantitative estimate of drug-likeness (QED) is 0.869. The number of rotatable bonds is 4. The van der Waals surface area contributed by atoms with Gasteiger partial charge in [-0.15, -0.1) is 0 Å². The second-order valence-corrected chi connectivity index (χ2v) is 4.71. The fourth-order valence-electron chi connectivity index (χ4n) is 2.18. The Balaban J connectivity index is 2.00. The fraction of sp³-hybridized carbons (Fsp3) is 0.500. The minimum absolute atomic E-state index is 0.0192. The summed E-state index contributed by atoms with van der Waals surface area (Å²) in [5.74, 6) is 0.0192. The molecule has 0 saturated carbocycles. The van der Waals surface area contributed by atoms with E-state index < -0.39 is 0 Å². The molecule has 18 heavy (non-hydrogen) atoms. The molecule has 0 aromatic heterocycles. The maximum atomic E-state index is 11.8. The van der Waals surface area contributed by atoms with Gasteiger partial charge in [0.1, 0.15) is 6.61 Å². The van der Waals surface area contributed by atoms with Crippen LogP contribution in [0.4, 0.5) is 0 Å². The van der Waals surface area contributed by atoms with Crippen LogP contribution in [0.25, 0.3) is 0 Å². The van der Waals surface area contributed by atoms with Crippen molar-refractivity contribution in [3.63, 3.8) is 0 Å². The van der Waals surface area contributed by atoms with Gasteiger partial charge in [0.15, 0.2) is 0 Å². The summed E-state index contributed by atoms with van der Waals surface area (Å²) in [6.45, 7) is 3.44. The van der Waals surface area contributed by atoms with Gasteiger partial charge in [-0.1, -0.05) is 29.8 Å². The van der Waals surface area contributed by atoms with E-state index in [0.29, 0.717) is 19.5 Å². The molecule has 1 unspecified atom stereocenters. The number of amides is 1. The summed E-state index contributed by atoms with van der Waals surface area (Å²) >= 11 is 0. The summed E-state index contributed by atoms with van der Waals surface area (Å²) in [7, 11) is 0. The van der Waals surface area contributed by atoms with Crippen LogP contribution in [0.3, 0.4) is 0 Å². The first-order valence-corrected chi connectivity index (χ1v) is 6.25. The summed E-state index contributed by atoms with van der Waals surface area (Å²) in [5, 5.41) is 8.91. The topological polar surface area (TPSA) is 49.8 Å². The molecule has 98 valence electrons. The number of hydrogen-bond donors (Lipinski definition) is 1. The van der Waals surface area contributed by atoms with E-state index in [0.717, 1.165) is 5.56 Å². The van der Waals surface area contributed by atoms with Crippen LogP contribution in [0.1, 0.15) is 17.5 Å². The SMILES string of the molecule is Cc1cccc(CN2CC(CCO)OCC2=O)c1. The zero-order valence-corrected chi connectivity index (χ0v) is 10.6. The third-order valence-electron chi connectivity index (χ3n) is 3.13. The Morgan fingerprint density at radius 3 is 3.06 bits per heavy atom. The van der Waals surface area contributed by atoms with Crippen LogP contribution in [-0.4, -0.2) is 41.8 Å². The molecular formula is C14H19NO3. The van der Waals surface area contributed by atoms with Gasteiger partial charge < -0.3 is 14.7 Å². The smallest absolute Gasteiger partial charge is 0.248 e. The Morgan fingerprint density at radius 2 is 2.33 bits per heavy atom. The number of ether oxygens (including phenoxy) is 1. The number of carbonyl (C=O) groups excluding carboxylic acids is 1. The molecule has 1 amide bonds. The van der Waals surface area contributed by atoms with Crippen LogP contribution in [0.15, 0.2) is 24.3 Å². The number of carbonyl (C=O) groups is 1. The predicted octanol–water partition coefficient (Wildman–Crippen LogP) is 1.10. The van der Waals surface area contributed by atoms with Crippen molar-refractivity contribution >= 4 is 5.91 Å². The first-order valence-electron chi connectivity index (χ1n) is 6.25. The van der Waals surface area contributed by atoms with Crippen LogP contribution in [-0.2, 0) is 16.1 Å². The number of benzene rings is 1. The van der Waals surface area contributed by atoms with Crippen molar-refractivity contribution in [2.24, 2.45) is 0 Å². The Morgan fingerprint density at radius 1 is 1.50 bits per heavy atom. The van der Waals surface area contributed by atoms with Gasteiger partial charge in [-0.05, 0) is 18.9 Å². The lowest BCUT2D eigenvalue weighted by Crippen LogP contribution is -2.46. The number of aliphatic hydroxyl groups is 1. The Bertz CT molecular complexity index is 419. The molecule has 4 heteroatoms. The molecule has 1 aliphatic heterocycles. The van der Waals surface area contributed by atoms with E-state index in [9.17, 15) is 4.79 Å². The van der Waals surface area contributed by atoms with Crippen molar-refractivity contribution in [3.8, 4) is 0 Å². The van der Waals surface area contributed by atoms with Gasteiger partial charge in [0, 0.05) is 19.7 Å². The molecule has 1 aliphatic rings. The first kappa shape index (κ1) is 13.1. The zero-order chi connectivity index (χ0) is 13.0. The van der Waals surface area contributed by atoms with Crippen molar-refractivity contribution in [2.45, 2.75) is 26.0 Å². The van der Waals surface area contributed by atoms with Crippen LogP contribution in [0, 0.1) is 6.92 Å². The Labute approximate surface area is 107 Å². The van der Waals surface area contributed by atoms with E-state index in [-0.39, 0.29) is 25.2 Å². The van der Waals surface area contributed by atoms with Crippen LogP contribution in [0.5, 0.6) is 0 Å². The molecule has 0 radical (unpaired) electrons. The molecule has 1 N–H and O–H groups in total. The lowest BCUT2D eigenvalue weighted by molar-refractivity contribution is -0.150. The number of nitrogens with zero attached hydrogens (tertiary/aromatic N) is 1. The molecule has 1 aromatic rings. The molecule has 1 saturated heterocycles. The highest BCUT2D eigenvalue weighted by Crippen LogP contribution is 2.14. The van der Waals surface area contributed by atoms with Crippen molar-refractivity contribution in [3.05, 3.63) is 35.4 Å². The predicted molar refractivity (Wildman–Crippen MR) is 68.0 cm³/mol. The van der Waals surface area contributed by atoms with Gasteiger partial charge >= 0.3 is 0 Å². The Kier molecular flexibility index (Phi) is 4.33. The summed E-state index contributed by atoms with van der Waals surface area (Å²) in [4.78, 5) is 13.6. The fourth-order valence-corrected chi connectivity index (χ4v) is 2.18. The summed E-state index contributed by atoms with van der Waals surface area (Å²) in [5.41, 5.74) is 2.33. The van der Waals surface area contributed by atoms with Crippen molar-refractivity contribution in [1.82, 2.24) is 4.90 Å². The van der Waals surface area contributed by atoms with Gasteiger partial charge in [-0.2, -0.15) is 0 Å². The van der Waals surface area contributed by atoms with E-state index in [4.69, 9.17) is 9.84 Å². The molecule has 2 rings (SSSR count). The molecule has 1 aromatic carbocycles. The second kappa shape index (κ2) is 5.98. The molecule has 0 bridgehead atoms. The molecule has 1 atom stereocenters. The third-order valence-corrected chi connectivity index (χ3v) is 3.13. The van der Waals surface area contributed by atoms with Gasteiger partial charge in [0.05, 0.1) is 6.10 Å². The minimum atomic E-state index is -0.0440. The third kappa shape index (κ3) is 3.31. The molecule has 0 spiro atoms. The van der Waals surface area contributed by atoms with E-state index in [1.165, 1.54) is 5.56 Å². The van der Waals surface area contributed by atoms with Crippen LogP contribution in [0.2, 0.25) is 0 Å². The van der Waals surface area contributed by atoms with E-state index in [2.05, 4.69) is 6.07 Å². The number of aliphatic hydroxyl groups excluding tert-OH is 1. The van der Waals surface area contributed by atoms with E-state index in [1.807, 2.05) is 25.1 Å². The van der Waals surface area contributed by atoms with Crippen LogP contribution >= 0.6 is 0 Å². The van der Waals surface area contributed by atoms with E-state index >= 15 is 0 Å². The largest absolute Gasteiger partial charge is 0.396 e. The lowest BCUT2D eigenvalue weighted by Gasteiger charge is -2.32. The van der Waals surface area contributed by atoms with Gasteiger partial charge in [0.25, 0.3) is 0 Å². The van der Waals surface area contributed by atoms with Crippen molar-refractivity contribution < 1.29 is 14.6 Å². The van der Waals surface area contributed by atoms with Gasteiger partial charge in [0.2, 0.25) is 5.91 Å². The Hall–Kier alpha value is -1.39. The highest BCUT2D eigenvalue weighted by molar-refractivity contribution is 5.78. The molecular weight excluding hydrogens is 230 g/mol. The standard InChI is InChI=1S/C14H19NO3/c1-11-3-2-4-12(7-11)8-15-9-13(5-6-16)18-10-14(15)17/h2-4,7,13,16H,5-6,8-10H2,1H3. The van der Waals surface area contributed by atoms with Crippen LogP contribution < -0.4 is 0 Å². The summed E-state index contributed by atoms with van der Waals surface area (Å²) in [6.07, 6.45) is 0.537. The van der Waals surface area contributed by atoms with Crippen molar-refractivity contribution in [1.29, 1.82) is 0 Å².